The van der Waals surface area contributed by atoms with Crippen LogP contribution in [0.25, 0.3) is 0 Å². The summed E-state index contributed by atoms with van der Waals surface area (Å²) in [6.45, 7) is 11.5. The molecule has 1 saturated heterocycles. The number of nitrogens with one attached hydrogen (secondary N) is 1. The quantitative estimate of drug-likeness (QED) is 0.669. The number of urea groups is 1. The van der Waals surface area contributed by atoms with Crippen molar-refractivity contribution in [3.63, 3.8) is 0 Å². The molecule has 1 heterocycles. The summed E-state index contributed by atoms with van der Waals surface area (Å²) in [5, 5.41) is 3.20. The van der Waals surface area contributed by atoms with Crippen LogP contribution in [0, 0.1) is 0 Å². The number of hydrogen-bond acceptors (Lipinski definition) is 2. The number of nitrogens with zero attached hydrogens (tertiary/aromatic N) is 2. The summed E-state index contributed by atoms with van der Waals surface area (Å²) in [4.78, 5) is 14.8. The van der Waals surface area contributed by atoms with Crippen molar-refractivity contribution in [2.24, 2.45) is 0 Å². The maximum atomic E-state index is 11.3. The minimum atomic E-state index is 0.117. The first kappa shape index (κ1) is 16.7. The average molecular weight is 217 g/mol. The van der Waals surface area contributed by atoms with Crippen LogP contribution in [0.3, 0.4) is 0 Å². The van der Waals surface area contributed by atoms with E-state index in [1.54, 1.807) is 19.0 Å². The van der Waals surface area contributed by atoms with E-state index in [4.69, 9.17) is 0 Å². The summed E-state index contributed by atoms with van der Waals surface area (Å²) in [6.07, 6.45) is 0. The molecule has 4 nitrogen and oxygen atoms in total. The Kier molecular flexibility index (Phi) is 12.6. The highest BCUT2D eigenvalue weighted by Gasteiger charge is 2.16. The van der Waals surface area contributed by atoms with Crippen LogP contribution in [-0.4, -0.2) is 56.1 Å². The van der Waals surface area contributed by atoms with Gasteiger partial charge >= 0.3 is 6.03 Å². The molecule has 15 heavy (non-hydrogen) atoms. The average Bonchev–Trinajstić information content (AvgIpc) is 2.34. The van der Waals surface area contributed by atoms with Crippen molar-refractivity contribution in [3.8, 4) is 0 Å². The van der Waals surface area contributed by atoms with Gasteiger partial charge in [-0.15, -0.1) is 0 Å². The van der Waals surface area contributed by atoms with E-state index in [1.807, 2.05) is 32.6 Å². The third kappa shape index (κ3) is 7.19. The van der Waals surface area contributed by atoms with Crippen molar-refractivity contribution < 1.29 is 4.79 Å². The second kappa shape index (κ2) is 11.3. The van der Waals surface area contributed by atoms with E-state index < -0.39 is 0 Å². The van der Waals surface area contributed by atoms with Gasteiger partial charge in [0, 0.05) is 40.3 Å². The Morgan fingerprint density at radius 1 is 1.07 bits per heavy atom. The molecule has 2 amide bonds. The molecule has 0 aromatic rings. The Balaban J connectivity index is 0. The van der Waals surface area contributed by atoms with Crippen molar-refractivity contribution in [2.45, 2.75) is 27.7 Å². The fourth-order valence-corrected chi connectivity index (χ4v) is 1.14. The lowest BCUT2D eigenvalue weighted by Gasteiger charge is -2.29. The Labute approximate surface area is 94.6 Å². The number of carbonyl (C=O) groups is 1. The zero-order valence-electron chi connectivity index (χ0n) is 11.1. The molecule has 1 aliphatic rings. The largest absolute Gasteiger partial charge is 0.331 e. The van der Waals surface area contributed by atoms with Gasteiger partial charge in [-0.3, -0.25) is 0 Å². The molecule has 0 radical (unpaired) electrons. The van der Waals surface area contributed by atoms with E-state index in [0.29, 0.717) is 0 Å². The summed E-state index contributed by atoms with van der Waals surface area (Å²) < 4.78 is 0. The van der Waals surface area contributed by atoms with Gasteiger partial charge in [0.2, 0.25) is 0 Å². The summed E-state index contributed by atoms with van der Waals surface area (Å²) in [5.41, 5.74) is 0. The maximum Gasteiger partial charge on any atom is 0.319 e. The normalized spacial score (nSPS) is 14.1. The topological polar surface area (TPSA) is 35.6 Å². The van der Waals surface area contributed by atoms with Crippen LogP contribution < -0.4 is 5.32 Å². The monoisotopic (exact) mass is 217 g/mol. The van der Waals surface area contributed by atoms with Crippen LogP contribution in [0.5, 0.6) is 0 Å². The summed E-state index contributed by atoms with van der Waals surface area (Å²) in [5.74, 6) is 0. The molecule has 0 spiro atoms. The molecule has 0 saturated carbocycles. The molecular weight excluding hydrogens is 190 g/mol. The molecule has 0 bridgehead atoms. The zero-order valence-corrected chi connectivity index (χ0v) is 11.1. The highest BCUT2D eigenvalue weighted by Crippen LogP contribution is 1.96. The number of hydrogen-bond donors (Lipinski definition) is 1. The number of piperazine rings is 1. The van der Waals surface area contributed by atoms with Gasteiger partial charge in [-0.25, -0.2) is 4.79 Å². The van der Waals surface area contributed by atoms with Gasteiger partial charge in [0.15, 0.2) is 0 Å². The van der Waals surface area contributed by atoms with Crippen LogP contribution >= 0.6 is 0 Å². The Bertz CT molecular complexity index is 143. The summed E-state index contributed by atoms with van der Waals surface area (Å²) in [7, 11) is 3.56. The van der Waals surface area contributed by atoms with Crippen molar-refractivity contribution in [3.05, 3.63) is 0 Å². The van der Waals surface area contributed by atoms with Crippen molar-refractivity contribution in [1.82, 2.24) is 15.1 Å². The molecule has 0 aromatic carbocycles. The Morgan fingerprint density at radius 2 is 1.47 bits per heavy atom. The predicted molar refractivity (Wildman–Crippen MR) is 66.2 cm³/mol. The summed E-state index contributed by atoms with van der Waals surface area (Å²) >= 11 is 0. The van der Waals surface area contributed by atoms with Gasteiger partial charge in [0.1, 0.15) is 0 Å². The highest BCUT2D eigenvalue weighted by molar-refractivity contribution is 5.73. The molecule has 4 heteroatoms. The minimum absolute atomic E-state index is 0.117. The molecule has 0 aliphatic carbocycles. The third-order valence-electron chi connectivity index (χ3n) is 1.77. The number of amides is 2. The van der Waals surface area contributed by atoms with Gasteiger partial charge in [-0.2, -0.15) is 0 Å². The molecule has 0 atom stereocenters. The molecule has 0 unspecified atom stereocenters. The van der Waals surface area contributed by atoms with Crippen molar-refractivity contribution >= 4 is 6.03 Å². The minimum Gasteiger partial charge on any atom is -0.331 e. The first-order chi connectivity index (χ1) is 7.22. The van der Waals surface area contributed by atoms with Crippen molar-refractivity contribution in [2.75, 3.05) is 40.3 Å². The van der Waals surface area contributed by atoms with E-state index in [0.717, 1.165) is 26.2 Å². The van der Waals surface area contributed by atoms with Crippen molar-refractivity contribution in [1.29, 1.82) is 0 Å². The number of carbonyl (C=O) groups excluding carboxylic acids is 1. The molecule has 92 valence electrons. The summed E-state index contributed by atoms with van der Waals surface area (Å²) in [6, 6.07) is 0.117. The maximum absolute atomic E-state index is 11.3. The Morgan fingerprint density at radius 3 is 1.80 bits per heavy atom. The van der Waals surface area contributed by atoms with Crippen LogP contribution in [-0.2, 0) is 0 Å². The lowest BCUT2D eigenvalue weighted by molar-refractivity contribution is 0.164. The Hall–Kier alpha value is -0.770. The standard InChI is InChI=1S/C7H15N3O.2C2H6/c1-9(2)7(11)10-5-3-8-4-6-10;2*1-2/h8H,3-6H2,1-2H3;2*1-2H3. The van der Waals surface area contributed by atoms with Gasteiger partial charge in [0.05, 0.1) is 0 Å². The van der Waals surface area contributed by atoms with Gasteiger partial charge < -0.3 is 15.1 Å². The lowest BCUT2D eigenvalue weighted by Crippen LogP contribution is -2.49. The molecule has 1 fully saturated rings. The fourth-order valence-electron chi connectivity index (χ4n) is 1.14. The zero-order chi connectivity index (χ0) is 12.3. The predicted octanol–water partition coefficient (Wildman–Crippen LogP) is 1.63. The second-order valence-electron chi connectivity index (χ2n) is 2.91. The lowest BCUT2D eigenvalue weighted by atomic mass is 10.4. The SMILES string of the molecule is CC.CC.CN(C)C(=O)N1CCNCC1. The van der Waals surface area contributed by atoms with Crippen LogP contribution in [0.4, 0.5) is 4.79 Å². The fraction of sp³-hybridized carbons (Fsp3) is 0.909. The molecule has 0 aromatic heterocycles. The highest BCUT2D eigenvalue weighted by atomic mass is 16.2. The first-order valence-corrected chi connectivity index (χ1v) is 5.89. The smallest absolute Gasteiger partial charge is 0.319 e. The van der Waals surface area contributed by atoms with E-state index >= 15 is 0 Å². The molecular formula is C11H27N3O. The van der Waals surface area contributed by atoms with Crippen LogP contribution in [0.15, 0.2) is 0 Å². The molecule has 1 rings (SSSR count). The van der Waals surface area contributed by atoms with E-state index in [9.17, 15) is 4.79 Å². The third-order valence-corrected chi connectivity index (χ3v) is 1.77. The van der Waals surface area contributed by atoms with E-state index in [1.165, 1.54) is 0 Å². The van der Waals surface area contributed by atoms with E-state index in [2.05, 4.69) is 5.32 Å². The number of rotatable bonds is 0. The second-order valence-corrected chi connectivity index (χ2v) is 2.91. The van der Waals surface area contributed by atoms with Crippen LogP contribution in [0.1, 0.15) is 27.7 Å². The van der Waals surface area contributed by atoms with E-state index in [-0.39, 0.29) is 6.03 Å². The molecule has 1 aliphatic heterocycles. The van der Waals surface area contributed by atoms with Gasteiger partial charge in [-0.05, 0) is 0 Å². The molecule has 1 N–H and O–H groups in total. The first-order valence-electron chi connectivity index (χ1n) is 5.89. The van der Waals surface area contributed by atoms with Gasteiger partial charge in [0.25, 0.3) is 0 Å². The van der Waals surface area contributed by atoms with Gasteiger partial charge in [-0.1, -0.05) is 27.7 Å². The van der Waals surface area contributed by atoms with Crippen LogP contribution in [0.2, 0.25) is 0 Å².